The summed E-state index contributed by atoms with van der Waals surface area (Å²) in [4.78, 5) is 24.6. The van der Waals surface area contributed by atoms with Crippen LogP contribution in [0.4, 0.5) is 11.8 Å². The lowest BCUT2D eigenvalue weighted by Crippen LogP contribution is -2.43. The zero-order valence-corrected chi connectivity index (χ0v) is 25.2. The van der Waals surface area contributed by atoms with Crippen molar-refractivity contribution in [2.24, 2.45) is 0 Å². The lowest BCUT2D eigenvalue weighted by Gasteiger charge is -2.33. The summed E-state index contributed by atoms with van der Waals surface area (Å²) in [6, 6.07) is 9.06. The Morgan fingerprint density at radius 2 is 1.77 bits per heavy atom. The van der Waals surface area contributed by atoms with Crippen LogP contribution in [-0.4, -0.2) is 87.1 Å². The molecule has 1 atom stereocenters. The highest BCUT2D eigenvalue weighted by Gasteiger charge is 2.25. The molecule has 4 bridgehead atoms. The number of fused-ring (bicyclic) bond motifs is 8. The van der Waals surface area contributed by atoms with Crippen LogP contribution in [0.25, 0.3) is 10.9 Å². The van der Waals surface area contributed by atoms with E-state index in [1.54, 1.807) is 0 Å². The van der Waals surface area contributed by atoms with Crippen molar-refractivity contribution in [2.45, 2.75) is 89.0 Å². The number of rotatable bonds is 10. The van der Waals surface area contributed by atoms with Gasteiger partial charge >= 0.3 is 0 Å². The molecule has 1 aliphatic carbocycles. The minimum Gasteiger partial charge on any atom is -0.367 e. The molecule has 3 aromatic rings. The van der Waals surface area contributed by atoms with Crippen molar-refractivity contribution in [3.63, 3.8) is 0 Å². The second-order valence-electron chi connectivity index (χ2n) is 12.1. The average molecular weight is 590 g/mol. The molecular formula is C31H47N11O. The molecule has 1 unspecified atom stereocenters. The summed E-state index contributed by atoms with van der Waals surface area (Å²) in [6.07, 6.45) is 12.8. The first-order valence-corrected chi connectivity index (χ1v) is 16.4. The minimum absolute atomic E-state index is 0.183. The summed E-state index contributed by atoms with van der Waals surface area (Å²) < 4.78 is 1.89. The second-order valence-corrected chi connectivity index (χ2v) is 12.1. The lowest BCUT2D eigenvalue weighted by molar-refractivity contribution is -0.132. The first-order chi connectivity index (χ1) is 21.2. The third-order valence-corrected chi connectivity index (χ3v) is 8.91. The zero-order valence-electron chi connectivity index (χ0n) is 25.2. The van der Waals surface area contributed by atoms with E-state index in [0.29, 0.717) is 18.9 Å². The second kappa shape index (κ2) is 14.9. The Hall–Kier alpha value is -3.35. The van der Waals surface area contributed by atoms with E-state index in [9.17, 15) is 4.79 Å². The van der Waals surface area contributed by atoms with Crippen LogP contribution in [0.3, 0.4) is 0 Å². The normalized spacial score (nSPS) is 21.9. The molecule has 1 saturated carbocycles. The topological polar surface area (TPSA) is 137 Å². The average Bonchev–Trinajstić information content (AvgIpc) is 3.51. The van der Waals surface area contributed by atoms with Crippen molar-refractivity contribution in [1.82, 2.24) is 45.8 Å². The van der Waals surface area contributed by atoms with Gasteiger partial charge in [0.15, 0.2) is 0 Å². The largest absolute Gasteiger partial charge is 0.367 e. The van der Waals surface area contributed by atoms with Crippen molar-refractivity contribution < 1.29 is 4.79 Å². The van der Waals surface area contributed by atoms with E-state index < -0.39 is 0 Å². The van der Waals surface area contributed by atoms with Gasteiger partial charge < -0.3 is 26.2 Å². The molecule has 2 fully saturated rings. The molecule has 1 saturated heterocycles. The fourth-order valence-electron chi connectivity index (χ4n) is 6.43. The first kappa shape index (κ1) is 29.7. The smallest absolute Gasteiger partial charge is 0.226 e. The number of hydrogen-bond acceptors (Lipinski definition) is 10. The van der Waals surface area contributed by atoms with E-state index in [0.717, 1.165) is 93.4 Å². The molecule has 12 heteroatoms. The molecule has 43 heavy (non-hydrogen) atoms. The number of piperidine rings is 1. The Morgan fingerprint density at radius 1 is 0.930 bits per heavy atom. The predicted molar refractivity (Wildman–Crippen MR) is 169 cm³/mol. The van der Waals surface area contributed by atoms with E-state index in [4.69, 9.17) is 9.97 Å². The molecule has 5 heterocycles. The van der Waals surface area contributed by atoms with Crippen LogP contribution in [-0.2, 0) is 11.3 Å². The Kier molecular flexibility index (Phi) is 10.3. The van der Waals surface area contributed by atoms with Crippen molar-refractivity contribution >= 4 is 28.6 Å². The summed E-state index contributed by atoms with van der Waals surface area (Å²) in [5.41, 5.74) is 1.62. The van der Waals surface area contributed by atoms with Gasteiger partial charge in [-0.2, -0.15) is 4.98 Å². The van der Waals surface area contributed by atoms with Gasteiger partial charge in [0.2, 0.25) is 11.9 Å². The van der Waals surface area contributed by atoms with E-state index in [1.807, 2.05) is 40.0 Å². The van der Waals surface area contributed by atoms with Crippen LogP contribution in [0.15, 0.2) is 30.5 Å². The van der Waals surface area contributed by atoms with Crippen LogP contribution >= 0.6 is 0 Å². The van der Waals surface area contributed by atoms with Gasteiger partial charge in [0.25, 0.3) is 0 Å². The predicted octanol–water partition coefficient (Wildman–Crippen LogP) is 3.02. The first-order valence-electron chi connectivity index (χ1n) is 16.4. The van der Waals surface area contributed by atoms with Crippen molar-refractivity contribution in [1.29, 1.82) is 0 Å². The Bertz CT molecular complexity index is 1320. The molecule has 0 spiro atoms. The number of carbonyl (C=O) groups is 1. The van der Waals surface area contributed by atoms with E-state index in [2.05, 4.69) is 36.9 Å². The number of hydrogen-bond donors (Lipinski definition) is 5. The van der Waals surface area contributed by atoms with Crippen molar-refractivity contribution in [3.8, 4) is 0 Å². The van der Waals surface area contributed by atoms with Gasteiger partial charge in [0, 0.05) is 50.1 Å². The van der Waals surface area contributed by atoms with Crippen LogP contribution < -0.4 is 26.6 Å². The summed E-state index contributed by atoms with van der Waals surface area (Å²) in [5, 5.41) is 27.7. The molecule has 12 nitrogen and oxygen atoms in total. The zero-order chi connectivity index (χ0) is 29.3. The molecule has 7 rings (SSSR count). The van der Waals surface area contributed by atoms with Gasteiger partial charge in [0.05, 0.1) is 11.7 Å². The van der Waals surface area contributed by atoms with E-state index in [-0.39, 0.29) is 18.1 Å². The highest BCUT2D eigenvalue weighted by molar-refractivity contribution is 5.90. The van der Waals surface area contributed by atoms with E-state index >= 15 is 0 Å². The fraction of sp³-hybridized carbons (Fsp3) is 0.645. The number of nitrogens with zero attached hydrogens (tertiary/aromatic N) is 6. The number of aryl methyl sites for hydroxylation is 1. The molecule has 4 aliphatic rings. The van der Waals surface area contributed by atoms with Crippen LogP contribution in [0, 0.1) is 0 Å². The standard InChI is InChI=1S/C31H47N11O/c43-28-12-18-34-30(27-22-42(40-39-27)19-7-16-32-15-6-17-33-23-8-2-1-3-9-23)38-31-36-26-11-5-4-10-25(26)29(37-31)35-24-13-20-41(28)21-14-24/h4-5,10-11,22-24,30,32-34H,1-3,6-9,12-21H2,(H2,35,36,37,38). The Labute approximate surface area is 254 Å². The molecule has 3 aliphatic heterocycles. The molecular weight excluding hydrogens is 542 g/mol. The number of para-hydroxylation sites is 1. The quantitative estimate of drug-likeness (QED) is 0.225. The van der Waals surface area contributed by atoms with Gasteiger partial charge in [-0.15, -0.1) is 5.10 Å². The molecule has 0 radical (unpaired) electrons. The monoisotopic (exact) mass is 589 g/mol. The fourth-order valence-corrected chi connectivity index (χ4v) is 6.43. The maximum atomic E-state index is 12.9. The molecule has 1 amide bonds. The minimum atomic E-state index is -0.388. The van der Waals surface area contributed by atoms with Crippen molar-refractivity contribution in [3.05, 3.63) is 36.2 Å². The highest BCUT2D eigenvalue weighted by atomic mass is 16.2. The number of benzene rings is 1. The molecule has 232 valence electrons. The van der Waals surface area contributed by atoms with Gasteiger partial charge in [-0.1, -0.05) is 36.6 Å². The summed E-state index contributed by atoms with van der Waals surface area (Å²) in [6.45, 7) is 5.87. The van der Waals surface area contributed by atoms with E-state index in [1.165, 1.54) is 32.1 Å². The summed E-state index contributed by atoms with van der Waals surface area (Å²) in [7, 11) is 0. The van der Waals surface area contributed by atoms with Crippen LogP contribution in [0.5, 0.6) is 0 Å². The summed E-state index contributed by atoms with van der Waals surface area (Å²) in [5.74, 6) is 1.51. The number of nitrogens with one attached hydrogen (secondary N) is 5. The van der Waals surface area contributed by atoms with Gasteiger partial charge in [-0.05, 0) is 70.3 Å². The maximum absolute atomic E-state index is 12.9. The third kappa shape index (κ3) is 8.18. The molecule has 2 aromatic heterocycles. The van der Waals surface area contributed by atoms with Gasteiger partial charge in [0.1, 0.15) is 17.7 Å². The molecule has 1 aromatic carbocycles. The Balaban J connectivity index is 1.06. The maximum Gasteiger partial charge on any atom is 0.226 e. The number of anilines is 2. The lowest BCUT2D eigenvalue weighted by atomic mass is 9.95. The van der Waals surface area contributed by atoms with Crippen LogP contribution in [0.2, 0.25) is 0 Å². The third-order valence-electron chi connectivity index (χ3n) is 8.91. The molecule has 5 N–H and O–H groups in total. The van der Waals surface area contributed by atoms with Gasteiger partial charge in [-0.25, -0.2) is 4.98 Å². The Morgan fingerprint density at radius 3 is 2.65 bits per heavy atom. The summed E-state index contributed by atoms with van der Waals surface area (Å²) >= 11 is 0. The highest BCUT2D eigenvalue weighted by Crippen LogP contribution is 2.26. The SMILES string of the molecule is O=C1CCNC(c2cn(CCCNCCCNC3CCCCC3)nn2)Nc2nc(c3ccccc3n2)NC2CCN1CC2. The number of carbonyl (C=O) groups excluding carboxylic acids is 1. The van der Waals surface area contributed by atoms with Crippen molar-refractivity contribution in [2.75, 3.05) is 49.9 Å². The number of aromatic nitrogens is 5. The number of amides is 1. The van der Waals surface area contributed by atoms with Gasteiger partial charge in [-0.3, -0.25) is 14.8 Å². The van der Waals surface area contributed by atoms with Crippen LogP contribution in [0.1, 0.15) is 76.1 Å².